The summed E-state index contributed by atoms with van der Waals surface area (Å²) in [6, 6.07) is 42.1. The molecule has 424 valence electrons. The Labute approximate surface area is 468 Å². The van der Waals surface area contributed by atoms with E-state index >= 15 is 4.57 Å². The zero-order valence-corrected chi connectivity index (χ0v) is 49.8. The highest BCUT2D eigenvalue weighted by Crippen LogP contribution is 2.48. The van der Waals surface area contributed by atoms with Crippen molar-refractivity contribution in [2.75, 3.05) is 11.5 Å². The molecule has 0 radical (unpaired) electrons. The van der Waals surface area contributed by atoms with E-state index in [2.05, 4.69) is 21.3 Å². The van der Waals surface area contributed by atoms with Gasteiger partial charge in [0, 0.05) is 12.8 Å². The van der Waals surface area contributed by atoms with Crippen molar-refractivity contribution >= 4 is 72.1 Å². The Bertz CT molecular complexity index is 3370. The molecule has 6 aromatic rings. The molecule has 0 bridgehead atoms. The second-order valence-electron chi connectivity index (χ2n) is 23.6. The Morgan fingerprint density at radius 1 is 0.456 bits per heavy atom. The van der Waals surface area contributed by atoms with Gasteiger partial charge in [-0.2, -0.15) is 0 Å². The molecule has 0 saturated carbocycles. The van der Waals surface area contributed by atoms with E-state index in [0.29, 0.717) is 11.1 Å². The van der Waals surface area contributed by atoms with Crippen molar-refractivity contribution in [3.8, 4) is 0 Å². The van der Waals surface area contributed by atoms with E-state index < -0.39 is 119 Å². The summed E-state index contributed by atoms with van der Waals surface area (Å²) >= 11 is 0. The molecule has 0 heterocycles. The maximum atomic E-state index is 15.9. The van der Waals surface area contributed by atoms with Crippen molar-refractivity contribution in [1.29, 1.82) is 0 Å². The third-order valence-electron chi connectivity index (χ3n) is 14.7. The number of nitrogens with two attached hydrogens (primary N) is 1. The highest BCUT2D eigenvalue weighted by molar-refractivity contribution is 7.93. The molecule has 6 N–H and O–H groups in total. The molecule has 0 spiro atoms. The average molecular weight is 1130 g/mol. The molecule has 0 aliphatic rings. The molecule has 0 fully saturated rings. The first-order valence-electron chi connectivity index (χ1n) is 27.0. The highest BCUT2D eigenvalue weighted by atomic mass is 32.2. The molecule has 0 aliphatic carbocycles. The molecule has 14 nitrogen and oxygen atoms in total. The monoisotopic (exact) mass is 1130 g/mol. The third-order valence-corrected chi connectivity index (χ3v) is 22.7. The fourth-order valence-electron chi connectivity index (χ4n) is 9.47. The number of rotatable bonds is 24. The summed E-state index contributed by atoms with van der Waals surface area (Å²) in [4.78, 5) is 59.1. The minimum absolute atomic E-state index is 0.0584. The van der Waals surface area contributed by atoms with E-state index in [9.17, 15) is 36.0 Å². The molecule has 1 unspecified atom stereocenters. The number of amides is 4. The maximum Gasteiger partial charge on any atom is 0.243 e. The lowest BCUT2D eigenvalue weighted by Crippen LogP contribution is -2.57. The van der Waals surface area contributed by atoms with Gasteiger partial charge in [-0.1, -0.05) is 173 Å². The minimum Gasteiger partial charge on any atom is -0.344 e. The van der Waals surface area contributed by atoms with Gasteiger partial charge in [0.15, 0.2) is 27.0 Å². The molecule has 79 heavy (non-hydrogen) atoms. The van der Waals surface area contributed by atoms with Gasteiger partial charge in [0.05, 0.1) is 32.8 Å². The van der Waals surface area contributed by atoms with E-state index in [1.807, 2.05) is 97.1 Å². The van der Waals surface area contributed by atoms with Crippen LogP contribution in [-0.4, -0.2) is 85.1 Å². The van der Waals surface area contributed by atoms with Crippen LogP contribution in [-0.2, 0) is 69.1 Å². The zero-order chi connectivity index (χ0) is 58.1. The predicted molar refractivity (Wildman–Crippen MR) is 319 cm³/mol. The average Bonchev–Trinajstić information content (AvgIpc) is 3.41. The number of benzene rings is 6. The van der Waals surface area contributed by atoms with Gasteiger partial charge >= 0.3 is 0 Å². The topological polar surface area (TPSA) is 228 Å². The molecule has 6 rings (SSSR count). The SMILES string of the molecule is CC(C)[C@H](NC(=O)[C@H](Cc1ccc2ccccc2c1)CS(=O)(=O)C(C)(C)C)C(=O)N[C@H](Cc1ccccc1)P(N)(=O)[C@@H](Cc1ccccc1)NC(=O)[C@@H](NC(=O)[C@@H](Cc1cccc2ccccc12)CS(=O)(=O)C(C)(C)C)C(C)C. The first-order chi connectivity index (χ1) is 37.0. The van der Waals surface area contributed by atoms with Crippen LogP contribution in [0.25, 0.3) is 21.5 Å². The van der Waals surface area contributed by atoms with Crippen LogP contribution in [0.4, 0.5) is 0 Å². The fourth-order valence-corrected chi connectivity index (χ4v) is 14.2. The minimum atomic E-state index is -4.37. The summed E-state index contributed by atoms with van der Waals surface area (Å²) in [7, 11) is -12.1. The number of hydrogen-bond donors (Lipinski definition) is 5. The van der Waals surface area contributed by atoms with E-state index in [4.69, 9.17) is 5.50 Å². The normalized spacial score (nSPS) is 15.6. The van der Waals surface area contributed by atoms with E-state index in [1.54, 1.807) is 118 Å². The van der Waals surface area contributed by atoms with E-state index in [0.717, 1.165) is 32.7 Å². The smallest absolute Gasteiger partial charge is 0.243 e. The van der Waals surface area contributed by atoms with E-state index in [1.165, 1.54) is 0 Å². The van der Waals surface area contributed by atoms with Crippen molar-refractivity contribution in [3.63, 3.8) is 0 Å². The highest BCUT2D eigenvalue weighted by Gasteiger charge is 2.44. The summed E-state index contributed by atoms with van der Waals surface area (Å²) in [5.41, 5.74) is 9.96. The van der Waals surface area contributed by atoms with Gasteiger partial charge in [-0.15, -0.1) is 0 Å². The molecule has 0 aromatic heterocycles. The van der Waals surface area contributed by atoms with Gasteiger partial charge in [0.2, 0.25) is 23.6 Å². The van der Waals surface area contributed by atoms with Crippen molar-refractivity contribution < 1.29 is 40.6 Å². The standard InChI is InChI=1S/C62H80N5O9PS2/c1-41(2)55(66-57(68)50(39-78(73,74)61(5,6)7)35-45-32-33-46-26-17-18-28-48(46)34-45)59(70)64-53(36-43-22-13-11-14-23-43)77(63,72)54(37-44-24-15-12-16-25-44)65-60(71)56(42(3)4)67-58(69)51(40-79(75,76)62(8,9)10)38-49-30-21-29-47-27-19-20-31-52(47)49/h11-34,41-42,50-51,53-56H,35-40H2,1-10H3,(H2,63,72)(H,64,70)(H,65,71)(H,66,68)(H,67,69)/t50-,51+,53+,54+,55+,56+,77?/m1/s1. The number of fused-ring (bicyclic) bond motifs is 2. The quantitative estimate of drug-likeness (QED) is 0.0361. The predicted octanol–water partition coefficient (Wildman–Crippen LogP) is 9.33. The van der Waals surface area contributed by atoms with Gasteiger partial charge < -0.3 is 25.8 Å². The Morgan fingerprint density at radius 2 is 0.861 bits per heavy atom. The number of sulfone groups is 2. The van der Waals surface area contributed by atoms with Gasteiger partial charge in [-0.25, -0.2) is 16.8 Å². The van der Waals surface area contributed by atoms with Gasteiger partial charge in [-0.05, 0) is 110 Å². The molecular weight excluding hydrogens is 1050 g/mol. The van der Waals surface area contributed by atoms with Crippen molar-refractivity contribution in [2.24, 2.45) is 29.2 Å². The molecule has 17 heteroatoms. The first kappa shape index (κ1) is 62.0. The van der Waals surface area contributed by atoms with Crippen molar-refractivity contribution in [2.45, 2.75) is 128 Å². The summed E-state index contributed by atoms with van der Waals surface area (Å²) in [5, 5.41) is 15.3. The Hall–Kier alpha value is -6.19. The lowest BCUT2D eigenvalue weighted by atomic mass is 9.94. The van der Waals surface area contributed by atoms with Crippen LogP contribution in [0.5, 0.6) is 0 Å². The van der Waals surface area contributed by atoms with Crippen LogP contribution in [0.3, 0.4) is 0 Å². The van der Waals surface area contributed by atoms with Crippen LogP contribution >= 0.6 is 7.29 Å². The second kappa shape index (κ2) is 25.9. The second-order valence-corrected chi connectivity index (χ2v) is 31.9. The largest absolute Gasteiger partial charge is 0.344 e. The lowest BCUT2D eigenvalue weighted by molar-refractivity contribution is -0.132. The Morgan fingerprint density at radius 3 is 1.32 bits per heavy atom. The van der Waals surface area contributed by atoms with E-state index in [-0.39, 0.29) is 25.7 Å². The molecule has 0 saturated heterocycles. The molecule has 4 amide bonds. The molecule has 0 aliphatic heterocycles. The summed E-state index contributed by atoms with van der Waals surface area (Å²) in [6.45, 7) is 16.4. The number of hydrogen-bond acceptors (Lipinski definition) is 9. The third kappa shape index (κ3) is 16.2. The van der Waals surface area contributed by atoms with Crippen LogP contribution in [0.2, 0.25) is 0 Å². The summed E-state index contributed by atoms with van der Waals surface area (Å²) in [5.74, 6) is -9.76. The van der Waals surface area contributed by atoms with Gasteiger partial charge in [0.25, 0.3) is 0 Å². The summed E-state index contributed by atoms with van der Waals surface area (Å²) < 4.78 is 68.8. The number of carbonyl (C=O) groups excluding carboxylic acids is 4. The Kier molecular flexibility index (Phi) is 20.4. The van der Waals surface area contributed by atoms with Crippen molar-refractivity contribution in [1.82, 2.24) is 21.3 Å². The number of nitrogens with one attached hydrogen (secondary N) is 4. The van der Waals surface area contributed by atoms with Crippen LogP contribution in [0.15, 0.2) is 146 Å². The maximum absolute atomic E-state index is 15.9. The zero-order valence-electron chi connectivity index (χ0n) is 47.2. The molecule has 6 aromatic carbocycles. The van der Waals surface area contributed by atoms with Crippen LogP contribution in [0.1, 0.15) is 91.5 Å². The molecule has 7 atom stereocenters. The number of carbonyl (C=O) groups is 4. The lowest BCUT2D eigenvalue weighted by Gasteiger charge is -2.35. The van der Waals surface area contributed by atoms with Crippen LogP contribution in [0, 0.1) is 23.7 Å². The summed E-state index contributed by atoms with van der Waals surface area (Å²) in [6.07, 6.45) is 0.00397. The molecular formula is C62H80N5O9PS2. The fraction of sp³-hybridized carbons (Fsp3) is 0.419. The van der Waals surface area contributed by atoms with Gasteiger partial charge in [-0.3, -0.25) is 24.7 Å². The Balaban J connectivity index is 1.32. The van der Waals surface area contributed by atoms with Crippen molar-refractivity contribution in [3.05, 3.63) is 168 Å². The van der Waals surface area contributed by atoms with Crippen LogP contribution < -0.4 is 26.8 Å². The van der Waals surface area contributed by atoms with Gasteiger partial charge in [0.1, 0.15) is 23.6 Å². The first-order valence-corrected chi connectivity index (χ1v) is 32.3.